The Morgan fingerprint density at radius 3 is 2.61 bits per heavy atom. The molecule has 0 saturated carbocycles. The third-order valence-corrected chi connectivity index (χ3v) is 3.52. The van der Waals surface area contributed by atoms with Gasteiger partial charge in [-0.3, -0.25) is 0 Å². The van der Waals surface area contributed by atoms with Crippen molar-refractivity contribution in [3.05, 3.63) is 70.6 Å². The quantitative estimate of drug-likeness (QED) is 0.794. The number of aromatic carboxylic acids is 1. The number of carbonyl (C=O) groups is 1. The summed E-state index contributed by atoms with van der Waals surface area (Å²) in [4.78, 5) is 11.4. The number of hydrogen-bond acceptors (Lipinski definition) is 3. The summed E-state index contributed by atoms with van der Waals surface area (Å²) in [6, 6.07) is 12.7. The van der Waals surface area contributed by atoms with Gasteiger partial charge in [-0.25, -0.2) is 13.9 Å². The topological polar surface area (TPSA) is 68.0 Å². The maximum Gasteiger partial charge on any atom is 0.358 e. The lowest BCUT2D eigenvalue weighted by atomic mass is 10.1. The van der Waals surface area contributed by atoms with Crippen molar-refractivity contribution in [3.63, 3.8) is 0 Å². The van der Waals surface area contributed by atoms with E-state index in [2.05, 4.69) is 10.3 Å². The molecular weight excluding hydrogens is 321 g/mol. The van der Waals surface area contributed by atoms with E-state index in [1.807, 2.05) is 0 Å². The summed E-state index contributed by atoms with van der Waals surface area (Å²) in [5.74, 6) is -1.51. The molecule has 0 spiro atoms. The van der Waals surface area contributed by atoms with E-state index in [1.165, 1.54) is 16.8 Å². The van der Waals surface area contributed by atoms with Crippen molar-refractivity contribution < 1.29 is 14.3 Å². The number of nitrogens with zero attached hydrogens (tertiary/aromatic N) is 3. The zero-order chi connectivity index (χ0) is 16.4. The predicted molar refractivity (Wildman–Crippen MR) is 82.9 cm³/mol. The van der Waals surface area contributed by atoms with Crippen LogP contribution in [0, 0.1) is 5.82 Å². The van der Waals surface area contributed by atoms with E-state index in [0.29, 0.717) is 16.3 Å². The minimum Gasteiger partial charge on any atom is -0.476 e. The second-order valence-corrected chi connectivity index (χ2v) is 5.32. The largest absolute Gasteiger partial charge is 0.476 e. The Hall–Kier alpha value is -2.73. The molecule has 3 rings (SSSR count). The normalized spacial score (nSPS) is 10.7. The summed E-state index contributed by atoms with van der Waals surface area (Å²) in [7, 11) is 0. The minimum absolute atomic E-state index is 0.158. The van der Waals surface area contributed by atoms with E-state index in [-0.39, 0.29) is 18.1 Å². The van der Waals surface area contributed by atoms with Gasteiger partial charge in [-0.15, -0.1) is 5.10 Å². The van der Waals surface area contributed by atoms with Crippen LogP contribution in [0.1, 0.15) is 16.1 Å². The second-order valence-electron chi connectivity index (χ2n) is 4.89. The molecule has 0 aliphatic rings. The average molecular weight is 332 g/mol. The van der Waals surface area contributed by atoms with Gasteiger partial charge in [0.1, 0.15) is 11.5 Å². The maximum absolute atomic E-state index is 13.0. The molecule has 0 aliphatic carbocycles. The van der Waals surface area contributed by atoms with Gasteiger partial charge in [-0.2, -0.15) is 0 Å². The lowest BCUT2D eigenvalue weighted by Crippen LogP contribution is -2.06. The summed E-state index contributed by atoms with van der Waals surface area (Å²) in [6.07, 6.45) is 0. The Bertz CT molecular complexity index is 862. The van der Waals surface area contributed by atoms with Crippen LogP contribution in [-0.2, 0) is 6.54 Å². The Kier molecular flexibility index (Phi) is 4.08. The Morgan fingerprint density at radius 1 is 1.22 bits per heavy atom. The molecule has 116 valence electrons. The molecule has 3 aromatic rings. The SMILES string of the molecule is O=C(O)c1nnn(Cc2ccc(F)cc2)c1-c1cccc(Cl)c1. The predicted octanol–water partition coefficient (Wildman–Crippen LogP) is 3.48. The fourth-order valence-corrected chi connectivity index (χ4v) is 2.44. The fraction of sp³-hybridized carbons (Fsp3) is 0.0625. The molecule has 0 aliphatic heterocycles. The van der Waals surface area contributed by atoms with E-state index in [9.17, 15) is 14.3 Å². The summed E-state index contributed by atoms with van der Waals surface area (Å²) >= 11 is 5.98. The number of carboxylic acid groups (broad SMARTS) is 1. The van der Waals surface area contributed by atoms with Gasteiger partial charge in [-0.05, 0) is 29.8 Å². The van der Waals surface area contributed by atoms with Gasteiger partial charge < -0.3 is 5.11 Å². The minimum atomic E-state index is -1.18. The number of carboxylic acids is 1. The second kappa shape index (κ2) is 6.18. The van der Waals surface area contributed by atoms with Crippen LogP contribution in [-0.4, -0.2) is 26.1 Å². The lowest BCUT2D eigenvalue weighted by molar-refractivity contribution is 0.0691. The van der Waals surface area contributed by atoms with E-state index in [1.54, 1.807) is 36.4 Å². The van der Waals surface area contributed by atoms with Crippen molar-refractivity contribution in [2.75, 3.05) is 0 Å². The molecule has 7 heteroatoms. The third-order valence-electron chi connectivity index (χ3n) is 3.28. The molecule has 5 nitrogen and oxygen atoms in total. The molecule has 1 aromatic heterocycles. The Labute approximate surface area is 135 Å². The third kappa shape index (κ3) is 3.22. The molecule has 0 unspecified atom stereocenters. The van der Waals surface area contributed by atoms with Gasteiger partial charge in [0, 0.05) is 10.6 Å². The molecule has 0 bridgehead atoms. The zero-order valence-corrected chi connectivity index (χ0v) is 12.5. The smallest absolute Gasteiger partial charge is 0.358 e. The molecule has 0 fully saturated rings. The number of halogens is 2. The first kappa shape index (κ1) is 15.2. The maximum atomic E-state index is 13.0. The van der Waals surface area contributed by atoms with Gasteiger partial charge in [0.15, 0.2) is 5.69 Å². The first-order valence-corrected chi connectivity index (χ1v) is 7.09. The Morgan fingerprint density at radius 2 is 1.96 bits per heavy atom. The highest BCUT2D eigenvalue weighted by Crippen LogP contribution is 2.25. The van der Waals surface area contributed by atoms with E-state index in [4.69, 9.17) is 11.6 Å². The van der Waals surface area contributed by atoms with Crippen LogP contribution in [0.15, 0.2) is 48.5 Å². The van der Waals surface area contributed by atoms with Crippen molar-refractivity contribution in [2.24, 2.45) is 0 Å². The number of benzene rings is 2. The van der Waals surface area contributed by atoms with Crippen LogP contribution >= 0.6 is 11.6 Å². The zero-order valence-electron chi connectivity index (χ0n) is 11.8. The molecule has 1 heterocycles. The lowest BCUT2D eigenvalue weighted by Gasteiger charge is -2.08. The van der Waals surface area contributed by atoms with Crippen LogP contribution in [0.2, 0.25) is 5.02 Å². The summed E-state index contributed by atoms with van der Waals surface area (Å²) in [5, 5.41) is 17.4. The van der Waals surface area contributed by atoms with Gasteiger partial charge in [0.2, 0.25) is 0 Å². The molecule has 0 atom stereocenters. The molecular formula is C16H11ClFN3O2. The molecule has 1 N–H and O–H groups in total. The highest BCUT2D eigenvalue weighted by atomic mass is 35.5. The summed E-state index contributed by atoms with van der Waals surface area (Å²) in [6.45, 7) is 0.266. The molecule has 0 amide bonds. The van der Waals surface area contributed by atoms with Crippen molar-refractivity contribution in [2.45, 2.75) is 6.54 Å². The average Bonchev–Trinajstić information content (AvgIpc) is 2.93. The van der Waals surface area contributed by atoms with Gasteiger partial charge >= 0.3 is 5.97 Å². The van der Waals surface area contributed by atoms with Crippen molar-refractivity contribution >= 4 is 17.6 Å². The molecule has 0 saturated heterocycles. The summed E-state index contributed by atoms with van der Waals surface area (Å²) in [5.41, 5.74) is 1.57. The van der Waals surface area contributed by atoms with Gasteiger partial charge in [0.05, 0.1) is 6.54 Å². The van der Waals surface area contributed by atoms with Crippen molar-refractivity contribution in [1.29, 1.82) is 0 Å². The van der Waals surface area contributed by atoms with Crippen molar-refractivity contribution in [3.8, 4) is 11.3 Å². The van der Waals surface area contributed by atoms with E-state index in [0.717, 1.165) is 5.56 Å². The first-order chi connectivity index (χ1) is 11.0. The molecule has 23 heavy (non-hydrogen) atoms. The molecule has 2 aromatic carbocycles. The number of aromatic nitrogens is 3. The number of rotatable bonds is 4. The van der Waals surface area contributed by atoms with Crippen LogP contribution < -0.4 is 0 Å². The number of hydrogen-bond donors (Lipinski definition) is 1. The van der Waals surface area contributed by atoms with Gasteiger partial charge in [0.25, 0.3) is 0 Å². The molecule has 0 radical (unpaired) electrons. The summed E-state index contributed by atoms with van der Waals surface area (Å²) < 4.78 is 14.5. The van der Waals surface area contributed by atoms with Crippen LogP contribution in [0.3, 0.4) is 0 Å². The first-order valence-electron chi connectivity index (χ1n) is 6.72. The van der Waals surface area contributed by atoms with Crippen LogP contribution in [0.4, 0.5) is 4.39 Å². The highest BCUT2D eigenvalue weighted by Gasteiger charge is 2.20. The van der Waals surface area contributed by atoms with E-state index < -0.39 is 5.97 Å². The monoisotopic (exact) mass is 331 g/mol. The fourth-order valence-electron chi connectivity index (χ4n) is 2.25. The highest BCUT2D eigenvalue weighted by molar-refractivity contribution is 6.30. The van der Waals surface area contributed by atoms with Gasteiger partial charge in [-0.1, -0.05) is 41.1 Å². The standard InChI is InChI=1S/C16H11ClFN3O2/c17-12-3-1-2-11(8-12)15-14(16(22)23)19-20-21(15)9-10-4-6-13(18)7-5-10/h1-8H,9H2,(H,22,23). The van der Waals surface area contributed by atoms with E-state index >= 15 is 0 Å². The van der Waals surface area contributed by atoms with Crippen LogP contribution in [0.25, 0.3) is 11.3 Å². The van der Waals surface area contributed by atoms with Crippen molar-refractivity contribution in [1.82, 2.24) is 15.0 Å². The van der Waals surface area contributed by atoms with Crippen LogP contribution in [0.5, 0.6) is 0 Å². The Balaban J connectivity index is 2.07.